The molecule has 26 heavy (non-hydrogen) atoms. The van der Waals surface area contributed by atoms with Crippen molar-refractivity contribution in [3.63, 3.8) is 0 Å². The van der Waals surface area contributed by atoms with Crippen molar-refractivity contribution in [2.45, 2.75) is 46.7 Å². The molecule has 0 saturated carbocycles. The topological polar surface area (TPSA) is 67.2 Å². The second-order valence-electron chi connectivity index (χ2n) is 6.83. The van der Waals surface area contributed by atoms with Gasteiger partial charge in [-0.3, -0.25) is 9.59 Å². The lowest BCUT2D eigenvalue weighted by molar-refractivity contribution is -0.128. The van der Waals surface area contributed by atoms with E-state index in [1.165, 1.54) is 5.56 Å². The van der Waals surface area contributed by atoms with Crippen LogP contribution in [0, 0.1) is 12.8 Å². The number of carbonyl (C=O) groups is 2. The monoisotopic (exact) mass is 354 g/mol. The molecule has 2 amide bonds. The van der Waals surface area contributed by atoms with Crippen LogP contribution in [0.2, 0.25) is 0 Å². The van der Waals surface area contributed by atoms with Gasteiger partial charge >= 0.3 is 0 Å². The van der Waals surface area contributed by atoms with E-state index >= 15 is 0 Å². The molecule has 1 unspecified atom stereocenters. The fourth-order valence-electron chi connectivity index (χ4n) is 3.30. The van der Waals surface area contributed by atoms with E-state index < -0.39 is 0 Å². The van der Waals surface area contributed by atoms with Gasteiger partial charge in [0.2, 0.25) is 11.8 Å². The van der Waals surface area contributed by atoms with Crippen LogP contribution in [0.4, 0.5) is 5.82 Å². The molecule has 2 aromatic rings. The number of hydrogen-bond acceptors (Lipinski definition) is 3. The quantitative estimate of drug-likeness (QED) is 0.867. The van der Waals surface area contributed by atoms with Crippen LogP contribution in [0.15, 0.2) is 30.5 Å². The van der Waals surface area contributed by atoms with Crippen molar-refractivity contribution in [3.05, 3.63) is 47.2 Å². The molecule has 1 aliphatic rings. The minimum atomic E-state index is -0.322. The zero-order valence-electron chi connectivity index (χ0n) is 15.7. The zero-order chi connectivity index (χ0) is 18.7. The van der Waals surface area contributed by atoms with E-state index in [2.05, 4.69) is 41.6 Å². The summed E-state index contributed by atoms with van der Waals surface area (Å²) in [4.78, 5) is 26.7. The van der Waals surface area contributed by atoms with E-state index in [-0.39, 0.29) is 24.2 Å². The summed E-state index contributed by atoms with van der Waals surface area (Å²) in [5.41, 5.74) is 3.30. The van der Waals surface area contributed by atoms with Crippen LogP contribution in [0.5, 0.6) is 0 Å². The predicted molar refractivity (Wildman–Crippen MR) is 101 cm³/mol. The van der Waals surface area contributed by atoms with Crippen LogP contribution >= 0.6 is 0 Å². The van der Waals surface area contributed by atoms with Crippen LogP contribution in [-0.2, 0) is 29.1 Å². The van der Waals surface area contributed by atoms with Crippen LogP contribution < -0.4 is 5.32 Å². The van der Waals surface area contributed by atoms with E-state index in [0.29, 0.717) is 19.6 Å². The van der Waals surface area contributed by atoms with Crippen LogP contribution in [0.25, 0.3) is 0 Å². The molecule has 2 heterocycles. The molecule has 3 rings (SSSR count). The first-order valence-corrected chi connectivity index (χ1v) is 9.20. The number of nitrogens with zero attached hydrogens (tertiary/aromatic N) is 3. The largest absolute Gasteiger partial charge is 0.338 e. The van der Waals surface area contributed by atoms with Gasteiger partial charge in [-0.1, -0.05) is 31.2 Å². The number of amides is 2. The Morgan fingerprint density at radius 2 is 1.92 bits per heavy atom. The fraction of sp³-hybridized carbons (Fsp3) is 0.450. The lowest BCUT2D eigenvalue weighted by Gasteiger charge is -2.17. The molecule has 1 atom stereocenters. The predicted octanol–water partition coefficient (Wildman–Crippen LogP) is 2.76. The van der Waals surface area contributed by atoms with Crippen molar-refractivity contribution < 1.29 is 9.59 Å². The first-order valence-electron chi connectivity index (χ1n) is 9.20. The lowest BCUT2D eigenvalue weighted by atomic mass is 10.1. The molecule has 6 nitrogen and oxygen atoms in total. The summed E-state index contributed by atoms with van der Waals surface area (Å²) in [6.07, 6.45) is 3.00. The Balaban J connectivity index is 1.63. The molecule has 1 N–H and O–H groups in total. The first-order chi connectivity index (χ1) is 12.5. The van der Waals surface area contributed by atoms with Gasteiger partial charge in [0.25, 0.3) is 0 Å². The normalized spacial score (nSPS) is 17.0. The lowest BCUT2D eigenvalue weighted by Crippen LogP contribution is -2.28. The molecule has 1 aromatic heterocycles. The van der Waals surface area contributed by atoms with Gasteiger partial charge in [0.15, 0.2) is 0 Å². The average molecular weight is 354 g/mol. The third-order valence-electron chi connectivity index (χ3n) is 4.95. The van der Waals surface area contributed by atoms with E-state index in [9.17, 15) is 9.59 Å². The van der Waals surface area contributed by atoms with Gasteiger partial charge in [0.05, 0.1) is 12.1 Å². The molecule has 0 aliphatic carbocycles. The van der Waals surface area contributed by atoms with E-state index in [1.54, 1.807) is 15.8 Å². The van der Waals surface area contributed by atoms with Gasteiger partial charge in [-0.15, -0.1) is 0 Å². The zero-order valence-corrected chi connectivity index (χ0v) is 15.7. The molecule has 1 aromatic carbocycles. The number of anilines is 1. The van der Waals surface area contributed by atoms with Gasteiger partial charge in [-0.2, -0.15) is 5.10 Å². The number of aromatic nitrogens is 2. The summed E-state index contributed by atoms with van der Waals surface area (Å²) < 4.78 is 1.76. The maximum atomic E-state index is 12.6. The van der Waals surface area contributed by atoms with Gasteiger partial charge < -0.3 is 10.2 Å². The Hall–Kier alpha value is -2.63. The maximum Gasteiger partial charge on any atom is 0.230 e. The second-order valence-corrected chi connectivity index (χ2v) is 6.83. The van der Waals surface area contributed by atoms with Crippen LogP contribution in [0.1, 0.15) is 37.0 Å². The summed E-state index contributed by atoms with van der Waals surface area (Å²) in [5.74, 6) is 0.321. The molecule has 0 spiro atoms. The fourth-order valence-corrected chi connectivity index (χ4v) is 3.30. The third-order valence-corrected chi connectivity index (χ3v) is 4.95. The minimum absolute atomic E-state index is 0.0328. The molecular weight excluding hydrogens is 328 g/mol. The molecule has 1 fully saturated rings. The Morgan fingerprint density at radius 3 is 2.58 bits per heavy atom. The van der Waals surface area contributed by atoms with Crippen molar-refractivity contribution >= 4 is 17.6 Å². The Morgan fingerprint density at radius 1 is 1.23 bits per heavy atom. The summed E-state index contributed by atoms with van der Waals surface area (Å²) in [6.45, 7) is 7.72. The summed E-state index contributed by atoms with van der Waals surface area (Å²) in [6, 6.07) is 8.30. The Bertz CT molecular complexity index is 795. The van der Waals surface area contributed by atoms with Crippen LogP contribution in [-0.4, -0.2) is 33.0 Å². The minimum Gasteiger partial charge on any atom is -0.338 e. The van der Waals surface area contributed by atoms with Gasteiger partial charge in [-0.25, -0.2) is 4.68 Å². The van der Waals surface area contributed by atoms with Crippen molar-refractivity contribution in [1.82, 2.24) is 14.7 Å². The molecule has 0 bridgehead atoms. The van der Waals surface area contributed by atoms with Crippen molar-refractivity contribution in [3.8, 4) is 0 Å². The second kappa shape index (κ2) is 7.72. The van der Waals surface area contributed by atoms with E-state index in [0.717, 1.165) is 23.4 Å². The van der Waals surface area contributed by atoms with Gasteiger partial charge in [0, 0.05) is 31.6 Å². The highest BCUT2D eigenvalue weighted by atomic mass is 16.2. The summed E-state index contributed by atoms with van der Waals surface area (Å²) in [5, 5.41) is 7.19. The van der Waals surface area contributed by atoms with Crippen molar-refractivity contribution in [2.24, 2.45) is 5.92 Å². The standard InChI is InChI=1S/C20H26N4O2/c1-4-15-6-8-16(9-7-15)12-23-13-17(10-18(23)25)20(26)22-19-14(3)11-21-24(19)5-2/h6-9,11,17H,4-5,10,12-13H2,1-3H3,(H,22,26). The molecule has 1 aliphatic heterocycles. The number of nitrogens with one attached hydrogen (secondary N) is 1. The van der Waals surface area contributed by atoms with Gasteiger partial charge in [0.1, 0.15) is 5.82 Å². The van der Waals surface area contributed by atoms with E-state index in [4.69, 9.17) is 0 Å². The Kier molecular flexibility index (Phi) is 5.40. The smallest absolute Gasteiger partial charge is 0.230 e. The molecular formula is C20H26N4O2. The number of likely N-dealkylation sites (tertiary alicyclic amines) is 1. The number of rotatable bonds is 6. The molecule has 138 valence electrons. The third kappa shape index (κ3) is 3.79. The Labute approximate surface area is 154 Å². The highest BCUT2D eigenvalue weighted by Gasteiger charge is 2.34. The van der Waals surface area contributed by atoms with Gasteiger partial charge in [-0.05, 0) is 31.4 Å². The van der Waals surface area contributed by atoms with Crippen molar-refractivity contribution in [1.29, 1.82) is 0 Å². The summed E-state index contributed by atoms with van der Waals surface area (Å²) >= 11 is 0. The molecule has 0 radical (unpaired) electrons. The number of benzene rings is 1. The molecule has 6 heteroatoms. The van der Waals surface area contributed by atoms with E-state index in [1.807, 2.05) is 13.8 Å². The highest BCUT2D eigenvalue weighted by Crippen LogP contribution is 2.23. The van der Waals surface area contributed by atoms with Crippen LogP contribution in [0.3, 0.4) is 0 Å². The average Bonchev–Trinajstić information content (AvgIpc) is 3.19. The highest BCUT2D eigenvalue weighted by molar-refractivity contribution is 5.97. The SMILES string of the molecule is CCc1ccc(CN2CC(C(=O)Nc3c(C)cnn3CC)CC2=O)cc1. The maximum absolute atomic E-state index is 12.6. The number of hydrogen-bond donors (Lipinski definition) is 1. The molecule has 1 saturated heterocycles. The number of aryl methyl sites for hydroxylation is 3. The van der Waals surface area contributed by atoms with Crippen molar-refractivity contribution in [2.75, 3.05) is 11.9 Å². The number of carbonyl (C=O) groups excluding carboxylic acids is 2. The first kappa shape index (κ1) is 18.2. The summed E-state index contributed by atoms with van der Waals surface area (Å²) in [7, 11) is 0.